The van der Waals surface area contributed by atoms with Crippen LogP contribution in [0.2, 0.25) is 5.02 Å². The van der Waals surface area contributed by atoms with Crippen molar-refractivity contribution in [1.82, 2.24) is 15.3 Å². The van der Waals surface area contributed by atoms with E-state index in [4.69, 9.17) is 23.8 Å². The number of nitrogens with zero attached hydrogens (tertiary/aromatic N) is 2. The Bertz CT molecular complexity index is 599. The molecule has 0 spiro atoms. The summed E-state index contributed by atoms with van der Waals surface area (Å²) in [5.74, 6) is 0. The topological polar surface area (TPSA) is 30.5 Å². The molecule has 1 atom stereocenters. The highest BCUT2D eigenvalue weighted by molar-refractivity contribution is 7.80. The van der Waals surface area contributed by atoms with E-state index >= 15 is 0 Å². The Hall–Kier alpha value is -1.30. The molecule has 1 heterocycles. The Kier molecular flexibility index (Phi) is 4.76. The predicted octanol–water partition coefficient (Wildman–Crippen LogP) is 3.35. The number of hydrogen-bond donors (Lipinski definition) is 2. The molecule has 0 radical (unpaired) electrons. The zero-order chi connectivity index (χ0) is 15.7. The summed E-state index contributed by atoms with van der Waals surface area (Å²) in [6.45, 7) is 6.24. The molecular weight excluding hydrogens is 304 g/mol. The second kappa shape index (κ2) is 6.22. The number of hydrogen-bond acceptors (Lipinski definition) is 3. The summed E-state index contributed by atoms with van der Waals surface area (Å²) in [6.07, 6.45) is 0. The van der Waals surface area contributed by atoms with Crippen LogP contribution in [0.5, 0.6) is 0 Å². The average Bonchev–Trinajstić information content (AvgIpc) is 2.61. The number of likely N-dealkylation sites (N-methyl/N-ethyl adjacent to an activating group) is 1. The fraction of sp³-hybridized carbons (Fsp3) is 0.400. The number of benzene rings is 1. The van der Waals surface area contributed by atoms with Crippen LogP contribution in [-0.4, -0.2) is 35.3 Å². The van der Waals surface area contributed by atoms with Crippen molar-refractivity contribution in [2.75, 3.05) is 19.4 Å². The Morgan fingerprint density at radius 2 is 1.90 bits per heavy atom. The molecule has 1 aliphatic rings. The van der Waals surface area contributed by atoms with Crippen LogP contribution in [0.25, 0.3) is 0 Å². The van der Waals surface area contributed by atoms with E-state index in [2.05, 4.69) is 41.5 Å². The molecule has 4 nitrogen and oxygen atoms in total. The lowest BCUT2D eigenvalue weighted by atomic mass is 10.2. The Morgan fingerprint density at radius 1 is 1.24 bits per heavy atom. The molecule has 1 aromatic carbocycles. The van der Waals surface area contributed by atoms with Crippen LogP contribution in [0.1, 0.15) is 19.4 Å². The fourth-order valence-corrected chi connectivity index (χ4v) is 2.75. The van der Waals surface area contributed by atoms with Crippen molar-refractivity contribution in [3.05, 3.63) is 40.2 Å². The van der Waals surface area contributed by atoms with Crippen molar-refractivity contribution in [1.29, 1.82) is 0 Å². The van der Waals surface area contributed by atoms with Crippen LogP contribution in [0.4, 0.5) is 5.69 Å². The molecule has 0 saturated carbocycles. The van der Waals surface area contributed by atoms with E-state index in [9.17, 15) is 0 Å². The number of thiocarbonyl (C=S) groups is 1. The molecule has 0 amide bonds. The lowest BCUT2D eigenvalue weighted by Crippen LogP contribution is -2.38. The van der Waals surface area contributed by atoms with Gasteiger partial charge < -0.3 is 15.6 Å². The van der Waals surface area contributed by atoms with Gasteiger partial charge in [0.05, 0.1) is 11.7 Å². The van der Waals surface area contributed by atoms with E-state index in [0.29, 0.717) is 10.1 Å². The first-order valence-electron chi connectivity index (χ1n) is 6.82. The number of hydrazine groups is 1. The first kappa shape index (κ1) is 16.1. The monoisotopic (exact) mass is 324 g/mol. The third-order valence-corrected chi connectivity index (χ3v) is 4.46. The normalized spacial score (nSPS) is 19.1. The molecule has 6 heteroatoms. The molecule has 21 heavy (non-hydrogen) atoms. The molecule has 0 saturated heterocycles. The minimum atomic E-state index is 0.259. The van der Waals surface area contributed by atoms with Gasteiger partial charge in [-0.3, -0.25) is 0 Å². The maximum Gasteiger partial charge on any atom is 0.175 e. The summed E-state index contributed by atoms with van der Waals surface area (Å²) in [7, 11) is 4.10. The average molecular weight is 325 g/mol. The molecule has 1 aromatic rings. The van der Waals surface area contributed by atoms with Gasteiger partial charge in [-0.05, 0) is 50.7 Å². The standard InChI is InChI=1S/C15H21ClN4S/c1-9-6-7-12(16)8-13(9)17-15(21)18-14-10(2)19(4)20(5)11(14)3/h6-8,10H,1-5H3,(H2,17,18,21). The number of allylic oxidation sites excluding steroid dienone is 1. The lowest BCUT2D eigenvalue weighted by molar-refractivity contribution is 0.0676. The van der Waals surface area contributed by atoms with Gasteiger partial charge in [0.25, 0.3) is 0 Å². The quantitative estimate of drug-likeness (QED) is 0.815. The summed E-state index contributed by atoms with van der Waals surface area (Å²) >= 11 is 11.5. The predicted molar refractivity (Wildman–Crippen MR) is 93.2 cm³/mol. The van der Waals surface area contributed by atoms with E-state index in [-0.39, 0.29) is 6.04 Å². The largest absolute Gasteiger partial charge is 0.333 e. The maximum absolute atomic E-state index is 6.03. The van der Waals surface area contributed by atoms with Crippen LogP contribution in [0.15, 0.2) is 29.6 Å². The molecule has 1 aliphatic heterocycles. The molecule has 0 aliphatic carbocycles. The summed E-state index contributed by atoms with van der Waals surface area (Å²) in [5.41, 5.74) is 4.29. The highest BCUT2D eigenvalue weighted by Crippen LogP contribution is 2.24. The molecule has 1 unspecified atom stereocenters. The number of nitrogens with one attached hydrogen (secondary N) is 2. The molecule has 114 valence electrons. The minimum Gasteiger partial charge on any atom is -0.333 e. The number of rotatable bonds is 2. The van der Waals surface area contributed by atoms with E-state index in [1.54, 1.807) is 0 Å². The maximum atomic E-state index is 6.03. The first-order chi connectivity index (χ1) is 9.81. The van der Waals surface area contributed by atoms with Crippen molar-refractivity contribution in [3.8, 4) is 0 Å². The van der Waals surface area contributed by atoms with Crippen LogP contribution >= 0.6 is 23.8 Å². The fourth-order valence-electron chi connectivity index (χ4n) is 2.36. The zero-order valence-electron chi connectivity index (χ0n) is 13.0. The van der Waals surface area contributed by atoms with E-state index in [1.165, 1.54) is 0 Å². The molecule has 2 N–H and O–H groups in total. The Morgan fingerprint density at radius 3 is 2.48 bits per heavy atom. The molecular formula is C15H21ClN4S. The van der Waals surface area contributed by atoms with E-state index in [1.807, 2.05) is 32.2 Å². The van der Waals surface area contributed by atoms with Gasteiger partial charge in [-0.1, -0.05) is 17.7 Å². The van der Waals surface area contributed by atoms with Gasteiger partial charge >= 0.3 is 0 Å². The number of aryl methyl sites for hydroxylation is 1. The van der Waals surface area contributed by atoms with Crippen molar-refractivity contribution in [3.63, 3.8) is 0 Å². The SMILES string of the molecule is CC1=C(NC(=S)Nc2cc(Cl)ccc2C)C(C)N(C)N1C. The molecule has 0 bridgehead atoms. The van der Waals surface area contributed by atoms with Gasteiger partial charge in [-0.2, -0.15) is 0 Å². The zero-order valence-corrected chi connectivity index (χ0v) is 14.6. The van der Waals surface area contributed by atoms with Crippen molar-refractivity contribution >= 4 is 34.6 Å². The lowest BCUT2D eigenvalue weighted by Gasteiger charge is -2.26. The summed E-state index contributed by atoms with van der Waals surface area (Å²) in [5, 5.41) is 12.1. The van der Waals surface area contributed by atoms with Crippen molar-refractivity contribution in [2.45, 2.75) is 26.8 Å². The van der Waals surface area contributed by atoms with Gasteiger partial charge in [0.15, 0.2) is 5.11 Å². The summed E-state index contributed by atoms with van der Waals surface area (Å²) in [4.78, 5) is 0. The first-order valence-corrected chi connectivity index (χ1v) is 7.61. The van der Waals surface area contributed by atoms with E-state index in [0.717, 1.165) is 22.6 Å². The highest BCUT2D eigenvalue weighted by atomic mass is 35.5. The Balaban J connectivity index is 2.11. The third-order valence-electron chi connectivity index (χ3n) is 4.02. The smallest absolute Gasteiger partial charge is 0.175 e. The van der Waals surface area contributed by atoms with Gasteiger partial charge in [-0.25, -0.2) is 5.01 Å². The summed E-state index contributed by atoms with van der Waals surface area (Å²) in [6, 6.07) is 5.98. The van der Waals surface area contributed by atoms with Gasteiger partial charge in [0.1, 0.15) is 0 Å². The number of anilines is 1. The highest BCUT2D eigenvalue weighted by Gasteiger charge is 2.29. The van der Waals surface area contributed by atoms with Crippen LogP contribution < -0.4 is 10.6 Å². The van der Waals surface area contributed by atoms with Gasteiger partial charge in [0, 0.05) is 30.5 Å². The molecule has 2 rings (SSSR count). The third kappa shape index (κ3) is 3.31. The molecule has 0 aromatic heterocycles. The minimum absolute atomic E-state index is 0.259. The Labute approximate surface area is 136 Å². The van der Waals surface area contributed by atoms with Crippen molar-refractivity contribution < 1.29 is 0 Å². The van der Waals surface area contributed by atoms with Gasteiger partial charge in [0.2, 0.25) is 0 Å². The van der Waals surface area contributed by atoms with Gasteiger partial charge in [-0.15, -0.1) is 0 Å². The van der Waals surface area contributed by atoms with E-state index < -0.39 is 0 Å². The van der Waals surface area contributed by atoms with Crippen LogP contribution in [0, 0.1) is 6.92 Å². The number of halogens is 1. The van der Waals surface area contributed by atoms with Crippen LogP contribution in [-0.2, 0) is 0 Å². The van der Waals surface area contributed by atoms with Crippen molar-refractivity contribution in [2.24, 2.45) is 0 Å². The second-order valence-electron chi connectivity index (χ2n) is 5.31. The molecule has 0 fully saturated rings. The summed E-state index contributed by atoms with van der Waals surface area (Å²) < 4.78 is 0. The van der Waals surface area contributed by atoms with Crippen LogP contribution in [0.3, 0.4) is 0 Å². The second-order valence-corrected chi connectivity index (χ2v) is 6.16.